The summed E-state index contributed by atoms with van der Waals surface area (Å²) < 4.78 is 68.6. The maximum absolute atomic E-state index is 13.1. The molecular formula is C78H152O17P2. The van der Waals surface area contributed by atoms with Gasteiger partial charge >= 0.3 is 39.5 Å². The van der Waals surface area contributed by atoms with Crippen LogP contribution in [-0.2, 0) is 65.4 Å². The highest BCUT2D eigenvalue weighted by Gasteiger charge is 2.30. The molecular weight excluding hydrogens is 1270 g/mol. The van der Waals surface area contributed by atoms with E-state index in [1.165, 1.54) is 193 Å². The highest BCUT2D eigenvalue weighted by molar-refractivity contribution is 7.47. The van der Waals surface area contributed by atoms with Gasteiger partial charge in [-0.2, -0.15) is 0 Å². The fourth-order valence-corrected chi connectivity index (χ4v) is 13.4. The van der Waals surface area contributed by atoms with Crippen molar-refractivity contribution >= 4 is 39.5 Å². The van der Waals surface area contributed by atoms with Crippen molar-refractivity contribution in [2.24, 2.45) is 23.7 Å². The van der Waals surface area contributed by atoms with Crippen LogP contribution < -0.4 is 0 Å². The van der Waals surface area contributed by atoms with Crippen molar-refractivity contribution in [1.82, 2.24) is 0 Å². The molecule has 7 atom stereocenters. The van der Waals surface area contributed by atoms with Crippen LogP contribution >= 0.6 is 15.6 Å². The van der Waals surface area contributed by atoms with E-state index in [1.807, 2.05) is 0 Å². The van der Waals surface area contributed by atoms with Crippen molar-refractivity contribution in [3.05, 3.63) is 0 Å². The zero-order valence-corrected chi connectivity index (χ0v) is 65.5. The summed E-state index contributed by atoms with van der Waals surface area (Å²) in [6.07, 6.45) is 52.8. The topological polar surface area (TPSA) is 237 Å². The molecule has 0 rings (SSSR count). The number of hydrogen-bond acceptors (Lipinski definition) is 15. The van der Waals surface area contributed by atoms with Crippen molar-refractivity contribution in [2.45, 2.75) is 414 Å². The molecule has 4 unspecified atom stereocenters. The van der Waals surface area contributed by atoms with E-state index in [1.54, 1.807) is 0 Å². The van der Waals surface area contributed by atoms with E-state index in [-0.39, 0.29) is 25.7 Å². The van der Waals surface area contributed by atoms with Gasteiger partial charge in [-0.25, -0.2) is 9.13 Å². The highest BCUT2D eigenvalue weighted by Crippen LogP contribution is 2.45. The molecule has 0 aliphatic carbocycles. The smallest absolute Gasteiger partial charge is 0.462 e. The Balaban J connectivity index is 5.20. The summed E-state index contributed by atoms with van der Waals surface area (Å²) in [5.74, 6) is 0.980. The van der Waals surface area contributed by atoms with Crippen molar-refractivity contribution in [3.8, 4) is 0 Å². The van der Waals surface area contributed by atoms with E-state index in [4.69, 9.17) is 37.0 Å². The third-order valence-corrected chi connectivity index (χ3v) is 20.7. The molecule has 0 aromatic heterocycles. The first-order valence-electron chi connectivity index (χ1n) is 40.3. The Morgan fingerprint density at radius 2 is 0.495 bits per heavy atom. The molecule has 0 aliphatic heterocycles. The van der Waals surface area contributed by atoms with Crippen LogP contribution in [0, 0.1) is 23.7 Å². The monoisotopic (exact) mass is 1420 g/mol. The number of aliphatic hydroxyl groups is 1. The molecule has 0 aliphatic rings. The van der Waals surface area contributed by atoms with Gasteiger partial charge in [-0.1, -0.05) is 344 Å². The SMILES string of the molecule is CCC(C)CCCCCCCCCCCCCCCCC(=O)O[C@H](COC(=O)CCCCCCCCC(C)C)COP(=O)(O)OC[C@H](O)COP(=O)(O)OC[C@@H](COC(=O)CCCCCCCCCCCCCCCCCC(C)C)OC(=O)CCCCCCCCCCC(C)CC. The van der Waals surface area contributed by atoms with E-state index in [0.29, 0.717) is 31.6 Å². The number of carbonyl (C=O) groups is 4. The average Bonchev–Trinajstić information content (AvgIpc) is 1.62. The molecule has 0 aromatic carbocycles. The summed E-state index contributed by atoms with van der Waals surface area (Å²) in [5, 5.41) is 10.6. The highest BCUT2D eigenvalue weighted by atomic mass is 31.2. The van der Waals surface area contributed by atoms with Gasteiger partial charge in [0.05, 0.1) is 26.4 Å². The second-order valence-corrected chi connectivity index (χ2v) is 32.4. The number of hydrogen-bond donors (Lipinski definition) is 3. The summed E-state index contributed by atoms with van der Waals surface area (Å²) >= 11 is 0. The minimum Gasteiger partial charge on any atom is -0.462 e. The second-order valence-electron chi connectivity index (χ2n) is 29.5. The molecule has 0 radical (unpaired) electrons. The molecule has 97 heavy (non-hydrogen) atoms. The minimum atomic E-state index is -4.96. The number of phosphoric acid groups is 2. The average molecular weight is 1420 g/mol. The predicted octanol–water partition coefficient (Wildman–Crippen LogP) is 22.8. The van der Waals surface area contributed by atoms with Crippen LogP contribution in [0.5, 0.6) is 0 Å². The maximum atomic E-state index is 13.1. The molecule has 0 spiro atoms. The van der Waals surface area contributed by atoms with E-state index in [2.05, 4.69) is 55.4 Å². The lowest BCUT2D eigenvalue weighted by Crippen LogP contribution is -2.30. The number of aliphatic hydroxyl groups excluding tert-OH is 1. The van der Waals surface area contributed by atoms with Crippen molar-refractivity contribution in [3.63, 3.8) is 0 Å². The van der Waals surface area contributed by atoms with Gasteiger partial charge in [0.15, 0.2) is 12.2 Å². The van der Waals surface area contributed by atoms with Gasteiger partial charge < -0.3 is 33.8 Å². The summed E-state index contributed by atoms with van der Waals surface area (Å²) in [6.45, 7) is 14.2. The summed E-state index contributed by atoms with van der Waals surface area (Å²) in [6, 6.07) is 0. The zero-order valence-electron chi connectivity index (χ0n) is 63.7. The Morgan fingerprint density at radius 3 is 0.732 bits per heavy atom. The molecule has 0 saturated carbocycles. The van der Waals surface area contributed by atoms with Crippen LogP contribution in [0.3, 0.4) is 0 Å². The van der Waals surface area contributed by atoms with Gasteiger partial charge in [-0.05, 0) is 49.4 Å². The standard InChI is InChI=1S/C78H152O17P2/c1-9-70(7)56-48-40-31-25-21-17-14-15-19-23-27-34-44-52-60-77(82)94-74(65-89-76(81)59-51-43-37-36-39-47-55-69(5)6)67-93-97(86,87)91-63-72(79)62-90-96(84,85)92-66-73(95-78(83)61-53-45-35-29-28-32-41-49-57-71(8)10-2)64-88-75(80)58-50-42-33-26-22-18-13-11-12-16-20-24-30-38-46-54-68(3)4/h68-74,79H,9-67H2,1-8H3,(H,84,85)(H,86,87)/t70?,71?,72-,73-,74-/m1/s1. The first kappa shape index (κ1) is 95.1. The lowest BCUT2D eigenvalue weighted by Gasteiger charge is -2.21. The number of rotatable bonds is 75. The maximum Gasteiger partial charge on any atom is 0.472 e. The van der Waals surface area contributed by atoms with E-state index >= 15 is 0 Å². The molecule has 3 N–H and O–H groups in total. The Morgan fingerprint density at radius 1 is 0.289 bits per heavy atom. The van der Waals surface area contributed by atoms with Gasteiger partial charge in [0, 0.05) is 25.7 Å². The molecule has 0 bridgehead atoms. The quantitative estimate of drug-likeness (QED) is 0.0222. The van der Waals surface area contributed by atoms with Crippen LogP contribution in [0.15, 0.2) is 0 Å². The number of carbonyl (C=O) groups excluding carboxylic acids is 4. The zero-order chi connectivity index (χ0) is 71.7. The molecule has 0 aromatic rings. The van der Waals surface area contributed by atoms with Gasteiger partial charge in [-0.3, -0.25) is 37.3 Å². The second kappa shape index (κ2) is 67.2. The van der Waals surface area contributed by atoms with E-state index in [9.17, 15) is 43.2 Å². The normalized spacial score (nSPS) is 14.6. The number of phosphoric ester groups is 2. The fraction of sp³-hybridized carbons (Fsp3) is 0.949. The molecule has 0 heterocycles. The molecule has 17 nitrogen and oxygen atoms in total. The Bertz CT molecular complexity index is 1910. The van der Waals surface area contributed by atoms with Crippen LogP contribution in [0.2, 0.25) is 0 Å². The van der Waals surface area contributed by atoms with Gasteiger partial charge in [0.1, 0.15) is 19.3 Å². The molecule has 0 saturated heterocycles. The Kier molecular flexibility index (Phi) is 65.9. The minimum absolute atomic E-state index is 0.105. The molecule has 0 amide bonds. The molecule has 19 heteroatoms. The number of ether oxygens (including phenoxy) is 4. The van der Waals surface area contributed by atoms with Crippen LogP contribution in [0.25, 0.3) is 0 Å². The number of unbranched alkanes of at least 4 members (excludes halogenated alkanes) is 39. The predicted molar refractivity (Wildman–Crippen MR) is 395 cm³/mol. The van der Waals surface area contributed by atoms with Gasteiger partial charge in [0.2, 0.25) is 0 Å². The van der Waals surface area contributed by atoms with Crippen molar-refractivity contribution < 1.29 is 80.2 Å². The summed E-state index contributed by atoms with van der Waals surface area (Å²) in [4.78, 5) is 72.8. The Hall–Kier alpha value is -1.94. The lowest BCUT2D eigenvalue weighted by molar-refractivity contribution is -0.161. The fourth-order valence-electron chi connectivity index (χ4n) is 11.8. The van der Waals surface area contributed by atoms with Crippen LogP contribution in [0.4, 0.5) is 0 Å². The van der Waals surface area contributed by atoms with E-state index in [0.717, 1.165) is 114 Å². The largest absolute Gasteiger partial charge is 0.472 e. The van der Waals surface area contributed by atoms with Crippen molar-refractivity contribution in [1.29, 1.82) is 0 Å². The summed E-state index contributed by atoms with van der Waals surface area (Å²) in [5.41, 5.74) is 0. The van der Waals surface area contributed by atoms with E-state index < -0.39 is 97.5 Å². The van der Waals surface area contributed by atoms with Crippen molar-refractivity contribution in [2.75, 3.05) is 39.6 Å². The van der Waals surface area contributed by atoms with Gasteiger partial charge in [0.25, 0.3) is 0 Å². The van der Waals surface area contributed by atoms with Gasteiger partial charge in [-0.15, -0.1) is 0 Å². The molecule has 0 fully saturated rings. The first-order valence-corrected chi connectivity index (χ1v) is 43.3. The Labute approximate surface area is 594 Å². The first-order chi connectivity index (χ1) is 46.7. The third-order valence-electron chi connectivity index (χ3n) is 18.8. The van der Waals surface area contributed by atoms with Crippen LogP contribution in [-0.4, -0.2) is 96.7 Å². The summed E-state index contributed by atoms with van der Waals surface area (Å²) in [7, 11) is -9.92. The number of esters is 4. The molecule has 576 valence electrons. The lowest BCUT2D eigenvalue weighted by atomic mass is 9.99. The third kappa shape index (κ3) is 69.5. The van der Waals surface area contributed by atoms with Crippen LogP contribution in [0.1, 0.15) is 396 Å².